The molecule has 7 heteroatoms. The average molecular weight is 387 g/mol. The molecule has 2 aliphatic rings. The summed E-state index contributed by atoms with van der Waals surface area (Å²) >= 11 is 6.16. The minimum absolute atomic E-state index is 0.0139. The summed E-state index contributed by atoms with van der Waals surface area (Å²) in [6.45, 7) is 1.50. The molecule has 2 fully saturated rings. The van der Waals surface area contributed by atoms with Gasteiger partial charge in [0.1, 0.15) is 5.82 Å². The lowest BCUT2D eigenvalue weighted by Gasteiger charge is -2.37. The number of nitrogens with zero attached hydrogens (tertiary/aromatic N) is 3. The van der Waals surface area contributed by atoms with E-state index in [4.69, 9.17) is 16.3 Å². The summed E-state index contributed by atoms with van der Waals surface area (Å²) in [5.41, 5.74) is 0.525. The Bertz CT molecular complexity index is 804. The van der Waals surface area contributed by atoms with Gasteiger partial charge in [0.2, 0.25) is 0 Å². The molecular formula is C20H23ClN4O2. The van der Waals surface area contributed by atoms with Gasteiger partial charge in [0.25, 0.3) is 5.91 Å². The van der Waals surface area contributed by atoms with Crippen LogP contribution in [0.3, 0.4) is 0 Å². The summed E-state index contributed by atoms with van der Waals surface area (Å²) in [7, 11) is 1.76. The van der Waals surface area contributed by atoms with Gasteiger partial charge in [0, 0.05) is 38.8 Å². The molecule has 1 amide bonds. The number of halogens is 1. The van der Waals surface area contributed by atoms with Crippen LogP contribution in [0.1, 0.15) is 23.2 Å². The molecule has 1 aliphatic carbocycles. The van der Waals surface area contributed by atoms with E-state index in [1.165, 1.54) is 6.20 Å². The van der Waals surface area contributed by atoms with Gasteiger partial charge in [-0.1, -0.05) is 17.7 Å². The molecule has 1 saturated heterocycles. The van der Waals surface area contributed by atoms with Crippen molar-refractivity contribution in [1.82, 2.24) is 14.9 Å². The summed E-state index contributed by atoms with van der Waals surface area (Å²) in [5.74, 6) is 1.74. The van der Waals surface area contributed by atoms with Crippen LogP contribution in [0, 0.1) is 11.8 Å². The molecule has 4 atom stereocenters. The highest BCUT2D eigenvalue weighted by molar-refractivity contribution is 6.33. The molecule has 1 aliphatic heterocycles. The Morgan fingerprint density at radius 3 is 2.74 bits per heavy atom. The van der Waals surface area contributed by atoms with Crippen LogP contribution in [-0.4, -0.2) is 53.1 Å². The lowest BCUT2D eigenvalue weighted by Crippen LogP contribution is -2.44. The standard InChI is InChI=1S/C20H23ClN4O2/c1-27-18-9-14-12-25(20(26)15-5-7-22-10-16(15)21)11-13(14)8-17(18)24-19-4-2-3-6-23-19/h2-7,10,13-14,17-18H,8-9,11-12H2,1H3,(H,23,24)/t13-,14+,17-,18-/m1/s1. The zero-order valence-electron chi connectivity index (χ0n) is 15.2. The Labute approximate surface area is 163 Å². The molecule has 0 spiro atoms. The molecule has 1 saturated carbocycles. The largest absolute Gasteiger partial charge is 0.379 e. The number of carbonyl (C=O) groups is 1. The number of methoxy groups -OCH3 is 1. The number of ether oxygens (including phenoxy) is 1. The van der Waals surface area contributed by atoms with Crippen molar-refractivity contribution in [3.8, 4) is 0 Å². The summed E-state index contributed by atoms with van der Waals surface area (Å²) in [5, 5.41) is 3.91. The molecule has 2 aromatic rings. The summed E-state index contributed by atoms with van der Waals surface area (Å²) in [6, 6.07) is 7.72. The Hall–Kier alpha value is -2.18. The van der Waals surface area contributed by atoms with Crippen LogP contribution in [0.15, 0.2) is 42.9 Å². The van der Waals surface area contributed by atoms with E-state index in [1.807, 2.05) is 23.1 Å². The number of aromatic nitrogens is 2. The first-order valence-electron chi connectivity index (χ1n) is 9.25. The van der Waals surface area contributed by atoms with E-state index in [2.05, 4.69) is 15.3 Å². The highest BCUT2D eigenvalue weighted by Crippen LogP contribution is 2.39. The first-order chi connectivity index (χ1) is 13.2. The first kappa shape index (κ1) is 18.2. The third-order valence-corrected chi connectivity index (χ3v) is 6.01. The van der Waals surface area contributed by atoms with Gasteiger partial charge in [0.15, 0.2) is 0 Å². The van der Waals surface area contributed by atoms with Gasteiger partial charge in [0.05, 0.1) is 22.7 Å². The zero-order chi connectivity index (χ0) is 18.8. The molecule has 27 heavy (non-hydrogen) atoms. The van der Waals surface area contributed by atoms with Crippen LogP contribution >= 0.6 is 11.6 Å². The van der Waals surface area contributed by atoms with Crippen LogP contribution in [0.4, 0.5) is 5.82 Å². The number of rotatable bonds is 4. The van der Waals surface area contributed by atoms with Gasteiger partial charge >= 0.3 is 0 Å². The maximum Gasteiger partial charge on any atom is 0.255 e. The van der Waals surface area contributed by atoms with Crippen molar-refractivity contribution in [2.75, 3.05) is 25.5 Å². The number of nitrogens with one attached hydrogen (secondary N) is 1. The maximum absolute atomic E-state index is 12.9. The second-order valence-corrected chi connectivity index (χ2v) is 7.70. The molecular weight excluding hydrogens is 364 g/mol. The minimum atomic E-state index is -0.0139. The summed E-state index contributed by atoms with van der Waals surface area (Å²) < 4.78 is 5.76. The molecule has 142 valence electrons. The molecule has 0 bridgehead atoms. The third kappa shape index (κ3) is 3.77. The van der Waals surface area contributed by atoms with Crippen molar-refractivity contribution in [3.05, 3.63) is 53.4 Å². The number of anilines is 1. The lowest BCUT2D eigenvalue weighted by atomic mass is 9.77. The van der Waals surface area contributed by atoms with Crippen molar-refractivity contribution in [3.63, 3.8) is 0 Å². The predicted molar refractivity (Wildman–Crippen MR) is 104 cm³/mol. The van der Waals surface area contributed by atoms with Crippen molar-refractivity contribution < 1.29 is 9.53 Å². The number of amides is 1. The molecule has 0 unspecified atom stereocenters. The number of hydrogen-bond acceptors (Lipinski definition) is 5. The molecule has 0 aromatic carbocycles. The predicted octanol–water partition coefficient (Wildman–Crippen LogP) is 3.11. The average Bonchev–Trinajstić information content (AvgIpc) is 3.11. The van der Waals surface area contributed by atoms with Crippen molar-refractivity contribution in [2.45, 2.75) is 25.0 Å². The van der Waals surface area contributed by atoms with Gasteiger partial charge in [-0.15, -0.1) is 0 Å². The molecule has 3 heterocycles. The maximum atomic E-state index is 12.9. The smallest absolute Gasteiger partial charge is 0.255 e. The Kier molecular flexibility index (Phi) is 5.27. The number of carbonyl (C=O) groups excluding carboxylic acids is 1. The highest BCUT2D eigenvalue weighted by Gasteiger charge is 2.44. The van der Waals surface area contributed by atoms with Gasteiger partial charge in [-0.3, -0.25) is 9.78 Å². The second-order valence-electron chi connectivity index (χ2n) is 7.30. The quantitative estimate of drug-likeness (QED) is 0.874. The van der Waals surface area contributed by atoms with Crippen molar-refractivity contribution >= 4 is 23.3 Å². The van der Waals surface area contributed by atoms with Crippen LogP contribution in [0.2, 0.25) is 5.02 Å². The zero-order valence-corrected chi connectivity index (χ0v) is 16.0. The molecule has 4 rings (SSSR count). The summed E-state index contributed by atoms with van der Waals surface area (Å²) in [6.07, 6.45) is 6.90. The Balaban J connectivity index is 1.46. The Morgan fingerprint density at radius 2 is 2.04 bits per heavy atom. The van der Waals surface area contributed by atoms with Crippen LogP contribution in [0.5, 0.6) is 0 Å². The van der Waals surface area contributed by atoms with Gasteiger partial charge < -0.3 is 15.0 Å². The number of likely N-dealkylation sites (tertiary alicyclic amines) is 1. The summed E-state index contributed by atoms with van der Waals surface area (Å²) in [4.78, 5) is 23.1. The van der Waals surface area contributed by atoms with Crippen LogP contribution in [-0.2, 0) is 4.74 Å². The lowest BCUT2D eigenvalue weighted by molar-refractivity contribution is 0.0304. The fraction of sp³-hybridized carbons (Fsp3) is 0.450. The number of fused-ring (bicyclic) bond motifs is 1. The minimum Gasteiger partial charge on any atom is -0.379 e. The normalized spacial score (nSPS) is 27.3. The first-order valence-corrected chi connectivity index (χ1v) is 9.62. The monoisotopic (exact) mass is 386 g/mol. The molecule has 2 aromatic heterocycles. The van der Waals surface area contributed by atoms with E-state index in [1.54, 1.807) is 25.6 Å². The van der Waals surface area contributed by atoms with E-state index in [0.29, 0.717) is 22.4 Å². The SMILES string of the molecule is CO[C@@H]1C[C@H]2CN(C(=O)c3ccncc3Cl)C[C@H]2C[C@H]1Nc1ccccn1. The number of hydrogen-bond donors (Lipinski definition) is 1. The van der Waals surface area contributed by atoms with E-state index in [9.17, 15) is 4.79 Å². The van der Waals surface area contributed by atoms with E-state index in [0.717, 1.165) is 31.7 Å². The third-order valence-electron chi connectivity index (χ3n) is 5.71. The molecule has 0 radical (unpaired) electrons. The fourth-order valence-electron chi connectivity index (χ4n) is 4.35. The molecule has 6 nitrogen and oxygen atoms in total. The van der Waals surface area contributed by atoms with E-state index >= 15 is 0 Å². The van der Waals surface area contributed by atoms with Gasteiger partial charge in [-0.25, -0.2) is 4.98 Å². The van der Waals surface area contributed by atoms with Crippen molar-refractivity contribution in [1.29, 1.82) is 0 Å². The second kappa shape index (κ2) is 7.82. The van der Waals surface area contributed by atoms with Gasteiger partial charge in [-0.05, 0) is 42.9 Å². The highest BCUT2D eigenvalue weighted by atomic mass is 35.5. The van der Waals surface area contributed by atoms with E-state index < -0.39 is 0 Å². The topological polar surface area (TPSA) is 67.3 Å². The van der Waals surface area contributed by atoms with Crippen LogP contribution < -0.4 is 5.32 Å². The number of pyridine rings is 2. The molecule has 1 N–H and O–H groups in total. The van der Waals surface area contributed by atoms with Crippen molar-refractivity contribution in [2.24, 2.45) is 11.8 Å². The fourth-order valence-corrected chi connectivity index (χ4v) is 4.55. The van der Waals surface area contributed by atoms with E-state index in [-0.39, 0.29) is 18.1 Å². The van der Waals surface area contributed by atoms with Gasteiger partial charge in [-0.2, -0.15) is 0 Å². The Morgan fingerprint density at radius 1 is 1.22 bits per heavy atom. The van der Waals surface area contributed by atoms with Crippen LogP contribution in [0.25, 0.3) is 0 Å².